The third kappa shape index (κ3) is 4.39. The van der Waals surface area contributed by atoms with Crippen molar-refractivity contribution in [3.8, 4) is 5.75 Å². The molecule has 0 saturated carbocycles. The summed E-state index contributed by atoms with van der Waals surface area (Å²) in [6.07, 6.45) is 4.40. The minimum absolute atomic E-state index is 0.126. The molecule has 3 rings (SSSR count). The summed E-state index contributed by atoms with van der Waals surface area (Å²) < 4.78 is 32.1. The van der Waals surface area contributed by atoms with E-state index < -0.39 is 10.0 Å². The van der Waals surface area contributed by atoms with Crippen molar-refractivity contribution in [1.82, 2.24) is 18.9 Å². The molecule has 0 atom stereocenters. The summed E-state index contributed by atoms with van der Waals surface area (Å²) in [5, 5.41) is 8.22. The number of sulfonamides is 1. The molecule has 1 aliphatic heterocycles. The molecule has 0 aliphatic carbocycles. The van der Waals surface area contributed by atoms with Crippen LogP contribution in [0.1, 0.15) is 26.7 Å². The van der Waals surface area contributed by atoms with Crippen LogP contribution in [0.2, 0.25) is 5.02 Å². The Labute approximate surface area is 158 Å². The maximum absolute atomic E-state index is 11.6. The Balaban J connectivity index is 1.73. The van der Waals surface area contributed by atoms with Crippen molar-refractivity contribution in [2.75, 3.05) is 31.3 Å². The van der Waals surface area contributed by atoms with Crippen LogP contribution in [0.15, 0.2) is 12.3 Å². The second kappa shape index (κ2) is 7.58. The summed E-state index contributed by atoms with van der Waals surface area (Å²) >= 11 is 6.26. The maximum atomic E-state index is 11.6. The van der Waals surface area contributed by atoms with Gasteiger partial charge in [-0.05, 0) is 24.8 Å². The Bertz CT molecular complexity index is 875. The van der Waals surface area contributed by atoms with Crippen molar-refractivity contribution < 1.29 is 13.2 Å². The van der Waals surface area contributed by atoms with E-state index >= 15 is 0 Å². The van der Waals surface area contributed by atoms with Crippen LogP contribution in [0.3, 0.4) is 0 Å². The Kier molecular flexibility index (Phi) is 5.59. The molecule has 3 heterocycles. The third-order valence-corrected chi connectivity index (χ3v) is 5.83. The first kappa shape index (κ1) is 19.2. The fourth-order valence-corrected chi connectivity index (χ4v) is 3.93. The molecule has 1 N–H and O–H groups in total. The van der Waals surface area contributed by atoms with E-state index in [4.69, 9.17) is 16.3 Å². The van der Waals surface area contributed by atoms with Crippen LogP contribution in [-0.2, 0) is 10.0 Å². The van der Waals surface area contributed by atoms with Gasteiger partial charge in [0.25, 0.3) is 0 Å². The predicted octanol–water partition coefficient (Wildman–Crippen LogP) is 2.25. The normalized spacial score (nSPS) is 17.1. The Hall–Kier alpha value is -1.58. The molecular weight excluding hydrogens is 378 g/mol. The third-order valence-electron chi connectivity index (χ3n) is 4.23. The van der Waals surface area contributed by atoms with Crippen LogP contribution >= 0.6 is 11.6 Å². The van der Waals surface area contributed by atoms with E-state index in [2.05, 4.69) is 29.2 Å². The van der Waals surface area contributed by atoms with E-state index in [1.807, 2.05) is 0 Å². The number of rotatable bonds is 6. The molecule has 0 bridgehead atoms. The minimum atomic E-state index is -3.13. The number of hydrogen-bond acceptors (Lipinski definition) is 6. The van der Waals surface area contributed by atoms with Gasteiger partial charge in [-0.3, -0.25) is 0 Å². The van der Waals surface area contributed by atoms with Gasteiger partial charge in [-0.25, -0.2) is 17.2 Å². The molecule has 0 radical (unpaired) electrons. The molecule has 1 fully saturated rings. The van der Waals surface area contributed by atoms with Crippen LogP contribution in [0.4, 0.5) is 5.95 Å². The van der Waals surface area contributed by atoms with Crippen molar-refractivity contribution in [3.63, 3.8) is 0 Å². The van der Waals surface area contributed by atoms with Gasteiger partial charge in [-0.15, -0.1) is 5.10 Å². The largest absolute Gasteiger partial charge is 0.488 e. The average Bonchev–Trinajstić information content (AvgIpc) is 2.96. The topological polar surface area (TPSA) is 88.8 Å². The molecule has 1 aliphatic rings. The summed E-state index contributed by atoms with van der Waals surface area (Å²) in [7, 11) is -3.13. The number of halogens is 1. The number of fused-ring (bicyclic) bond motifs is 1. The first-order chi connectivity index (χ1) is 12.2. The molecule has 144 valence electrons. The van der Waals surface area contributed by atoms with E-state index in [9.17, 15) is 8.42 Å². The quantitative estimate of drug-likeness (QED) is 0.798. The van der Waals surface area contributed by atoms with E-state index in [1.54, 1.807) is 16.8 Å². The van der Waals surface area contributed by atoms with Crippen molar-refractivity contribution in [2.24, 2.45) is 5.92 Å². The summed E-state index contributed by atoms with van der Waals surface area (Å²) in [6, 6.07) is 1.86. The van der Waals surface area contributed by atoms with Gasteiger partial charge in [0.05, 0.1) is 17.9 Å². The predicted molar refractivity (Wildman–Crippen MR) is 101 cm³/mol. The van der Waals surface area contributed by atoms with Gasteiger partial charge < -0.3 is 10.1 Å². The Morgan fingerprint density at radius 3 is 2.69 bits per heavy atom. The summed E-state index contributed by atoms with van der Waals surface area (Å²) in [5.74, 6) is 1.38. The number of pyridine rings is 1. The van der Waals surface area contributed by atoms with Crippen molar-refractivity contribution in [1.29, 1.82) is 0 Å². The smallest absolute Gasteiger partial charge is 0.243 e. The lowest BCUT2D eigenvalue weighted by atomic mass is 10.1. The average molecular weight is 402 g/mol. The summed E-state index contributed by atoms with van der Waals surface area (Å²) in [4.78, 5) is 4.51. The van der Waals surface area contributed by atoms with E-state index in [0.29, 0.717) is 60.8 Å². The molecule has 0 spiro atoms. The highest BCUT2D eigenvalue weighted by molar-refractivity contribution is 7.88. The maximum Gasteiger partial charge on any atom is 0.243 e. The Morgan fingerprint density at radius 2 is 2.08 bits per heavy atom. The zero-order valence-electron chi connectivity index (χ0n) is 15.1. The van der Waals surface area contributed by atoms with Gasteiger partial charge in [-0.2, -0.15) is 4.98 Å². The highest BCUT2D eigenvalue weighted by Gasteiger charge is 2.25. The lowest BCUT2D eigenvalue weighted by Crippen LogP contribution is -2.41. The van der Waals surface area contributed by atoms with Crippen molar-refractivity contribution in [2.45, 2.75) is 32.7 Å². The molecule has 0 amide bonds. The van der Waals surface area contributed by atoms with Crippen LogP contribution in [0.5, 0.6) is 5.75 Å². The first-order valence-corrected chi connectivity index (χ1v) is 10.9. The molecule has 10 heteroatoms. The molecule has 0 unspecified atom stereocenters. The Morgan fingerprint density at radius 1 is 1.38 bits per heavy atom. The molecule has 2 aromatic rings. The number of ether oxygens (including phenoxy) is 1. The van der Waals surface area contributed by atoms with E-state index in [1.165, 1.54) is 10.6 Å². The summed E-state index contributed by atoms with van der Waals surface area (Å²) in [6.45, 7) is 5.66. The lowest BCUT2D eigenvalue weighted by Gasteiger charge is -2.30. The number of nitrogens with zero attached hydrogens (tertiary/aromatic N) is 4. The molecular formula is C16H24ClN5O3S. The zero-order valence-corrected chi connectivity index (χ0v) is 16.7. The van der Waals surface area contributed by atoms with Crippen LogP contribution in [-0.4, -0.2) is 59.3 Å². The van der Waals surface area contributed by atoms with Crippen LogP contribution < -0.4 is 10.1 Å². The van der Waals surface area contributed by atoms with Gasteiger partial charge in [0.15, 0.2) is 5.75 Å². The molecule has 8 nitrogen and oxygen atoms in total. The van der Waals surface area contributed by atoms with Gasteiger partial charge in [-0.1, -0.05) is 25.4 Å². The van der Waals surface area contributed by atoms with Gasteiger partial charge in [0, 0.05) is 25.3 Å². The number of hydrogen-bond donors (Lipinski definition) is 1. The summed E-state index contributed by atoms with van der Waals surface area (Å²) in [5.41, 5.74) is 0.564. The zero-order chi connectivity index (χ0) is 18.9. The number of piperidine rings is 1. The highest BCUT2D eigenvalue weighted by atomic mass is 35.5. The fraction of sp³-hybridized carbons (Fsp3) is 0.625. The van der Waals surface area contributed by atoms with Crippen molar-refractivity contribution >= 4 is 33.2 Å². The highest BCUT2D eigenvalue weighted by Crippen LogP contribution is 2.29. The second-order valence-corrected chi connectivity index (χ2v) is 9.37. The van der Waals surface area contributed by atoms with Gasteiger partial charge >= 0.3 is 0 Å². The monoisotopic (exact) mass is 401 g/mol. The molecule has 2 aromatic heterocycles. The first-order valence-electron chi connectivity index (χ1n) is 8.63. The second-order valence-electron chi connectivity index (χ2n) is 6.98. The molecule has 26 heavy (non-hydrogen) atoms. The van der Waals surface area contributed by atoms with E-state index in [0.717, 1.165) is 0 Å². The fourth-order valence-electron chi connectivity index (χ4n) is 2.86. The number of aromatic nitrogens is 3. The molecule has 1 saturated heterocycles. The number of nitrogens with one attached hydrogen (secondary N) is 1. The lowest BCUT2D eigenvalue weighted by molar-refractivity contribution is 0.272. The van der Waals surface area contributed by atoms with E-state index in [-0.39, 0.29) is 6.04 Å². The van der Waals surface area contributed by atoms with Crippen LogP contribution in [0.25, 0.3) is 5.65 Å². The van der Waals surface area contributed by atoms with Crippen LogP contribution in [0, 0.1) is 5.92 Å². The molecule has 0 aromatic carbocycles. The van der Waals surface area contributed by atoms with Gasteiger partial charge in [0.1, 0.15) is 0 Å². The van der Waals surface area contributed by atoms with Crippen molar-refractivity contribution in [3.05, 3.63) is 17.3 Å². The SMILES string of the molecule is CC(C)COc1c(Cl)ccn2nc(NC3CCN(S(C)(=O)=O)CC3)nc12. The minimum Gasteiger partial charge on any atom is -0.488 e. The number of anilines is 1. The van der Waals surface area contributed by atoms with Gasteiger partial charge in [0.2, 0.25) is 21.6 Å². The standard InChI is InChI=1S/C16H24ClN5O3S/c1-11(2)10-25-14-13(17)6-9-22-15(14)19-16(20-22)18-12-4-7-21(8-5-12)26(3,23)24/h6,9,11-12H,4-5,7-8,10H2,1-3H3,(H,18,20).